The average molecular weight is 273 g/mol. The average Bonchev–Trinajstić information content (AvgIpc) is 2.41. The molecule has 1 aliphatic heterocycles. The van der Waals surface area contributed by atoms with Crippen LogP contribution in [0.2, 0.25) is 0 Å². The topological polar surface area (TPSA) is 29.5 Å². The summed E-state index contributed by atoms with van der Waals surface area (Å²) in [4.78, 5) is 15.1. The Morgan fingerprint density at radius 3 is 2.40 bits per heavy atom. The smallest absolute Gasteiger partial charge is 0.157 e. The molecule has 20 heavy (non-hydrogen) atoms. The fourth-order valence-electron chi connectivity index (χ4n) is 3.25. The number of morpholine rings is 1. The summed E-state index contributed by atoms with van der Waals surface area (Å²) in [6.45, 7) is 5.95. The van der Waals surface area contributed by atoms with Crippen molar-refractivity contribution in [3.63, 3.8) is 0 Å². The molecule has 0 atom stereocenters. The molecule has 3 heteroatoms. The lowest BCUT2D eigenvalue weighted by Crippen LogP contribution is -2.49. The third-order valence-electron chi connectivity index (χ3n) is 4.82. The van der Waals surface area contributed by atoms with Crippen LogP contribution < -0.4 is 0 Å². The lowest BCUT2D eigenvalue weighted by molar-refractivity contribution is -0.129. The van der Waals surface area contributed by atoms with Crippen molar-refractivity contribution in [3.8, 4) is 0 Å². The van der Waals surface area contributed by atoms with Gasteiger partial charge in [0.05, 0.1) is 25.2 Å². The second-order valence-corrected chi connectivity index (χ2v) is 6.11. The van der Waals surface area contributed by atoms with Crippen LogP contribution in [0.15, 0.2) is 24.3 Å². The van der Waals surface area contributed by atoms with Crippen molar-refractivity contribution in [1.29, 1.82) is 0 Å². The maximum atomic E-state index is 12.8. The van der Waals surface area contributed by atoms with E-state index in [4.69, 9.17) is 4.74 Å². The Hall–Kier alpha value is -1.19. The van der Waals surface area contributed by atoms with E-state index in [-0.39, 0.29) is 5.41 Å². The number of carbonyl (C=O) groups excluding carboxylic acids is 1. The highest BCUT2D eigenvalue weighted by Crippen LogP contribution is 2.44. The van der Waals surface area contributed by atoms with Gasteiger partial charge >= 0.3 is 0 Å². The minimum atomic E-state index is -0.202. The maximum Gasteiger partial charge on any atom is 0.157 e. The Labute approximate surface area is 120 Å². The first-order valence-corrected chi connectivity index (χ1v) is 7.61. The molecular formula is C17H23NO2. The van der Waals surface area contributed by atoms with Crippen LogP contribution in [0.1, 0.15) is 30.4 Å². The van der Waals surface area contributed by atoms with Crippen LogP contribution in [-0.2, 0) is 14.9 Å². The molecule has 0 aromatic heterocycles. The van der Waals surface area contributed by atoms with E-state index in [1.807, 2.05) is 0 Å². The predicted molar refractivity (Wildman–Crippen MR) is 79.0 cm³/mol. The quantitative estimate of drug-likeness (QED) is 0.843. The van der Waals surface area contributed by atoms with Crippen LogP contribution in [-0.4, -0.2) is 43.5 Å². The molecule has 3 nitrogen and oxygen atoms in total. The van der Waals surface area contributed by atoms with Crippen molar-refractivity contribution in [2.75, 3.05) is 32.8 Å². The summed E-state index contributed by atoms with van der Waals surface area (Å²) in [5.41, 5.74) is 2.27. The van der Waals surface area contributed by atoms with Gasteiger partial charge in [-0.15, -0.1) is 0 Å². The number of nitrogens with zero attached hydrogens (tertiary/aromatic N) is 1. The van der Waals surface area contributed by atoms with E-state index in [1.54, 1.807) is 0 Å². The maximum absolute atomic E-state index is 12.8. The van der Waals surface area contributed by atoms with E-state index >= 15 is 0 Å². The normalized spacial score (nSPS) is 22.2. The van der Waals surface area contributed by atoms with E-state index < -0.39 is 0 Å². The zero-order valence-electron chi connectivity index (χ0n) is 12.2. The van der Waals surface area contributed by atoms with Gasteiger partial charge in [-0.25, -0.2) is 0 Å². The van der Waals surface area contributed by atoms with Crippen LogP contribution in [0.3, 0.4) is 0 Å². The molecule has 0 radical (unpaired) electrons. The van der Waals surface area contributed by atoms with Crippen molar-refractivity contribution in [1.82, 2.24) is 4.90 Å². The Kier molecular flexibility index (Phi) is 3.90. The van der Waals surface area contributed by atoms with Gasteiger partial charge in [0.15, 0.2) is 5.78 Å². The molecule has 0 amide bonds. The van der Waals surface area contributed by atoms with E-state index in [0.29, 0.717) is 12.3 Å². The van der Waals surface area contributed by atoms with Gasteiger partial charge < -0.3 is 4.74 Å². The van der Waals surface area contributed by atoms with Crippen LogP contribution >= 0.6 is 0 Å². The van der Waals surface area contributed by atoms with Gasteiger partial charge in [0.25, 0.3) is 0 Å². The second kappa shape index (κ2) is 5.66. The highest BCUT2D eigenvalue weighted by atomic mass is 16.5. The molecule has 0 bridgehead atoms. The van der Waals surface area contributed by atoms with Crippen LogP contribution in [0, 0.1) is 6.92 Å². The molecule has 1 aromatic carbocycles. The molecular weight excluding hydrogens is 250 g/mol. The summed E-state index contributed by atoms with van der Waals surface area (Å²) in [5, 5.41) is 0. The van der Waals surface area contributed by atoms with Crippen LogP contribution in [0.25, 0.3) is 0 Å². The molecule has 1 aliphatic carbocycles. The molecule has 3 rings (SSSR count). The van der Waals surface area contributed by atoms with Crippen molar-refractivity contribution in [2.45, 2.75) is 31.6 Å². The molecule has 108 valence electrons. The number of aryl methyl sites for hydroxylation is 1. The van der Waals surface area contributed by atoms with Crippen LogP contribution in [0.4, 0.5) is 0 Å². The SMILES string of the molecule is Cc1ccc(C2(C(=O)CN3CCOCC3)CCC2)cc1. The number of ketones is 1. The standard InChI is InChI=1S/C17H23NO2/c1-14-3-5-15(6-4-14)17(7-2-8-17)16(19)13-18-9-11-20-12-10-18/h3-6H,2,7-13H2,1H3. The first-order chi connectivity index (χ1) is 9.71. The molecule has 1 aromatic rings. The lowest BCUT2D eigenvalue weighted by Gasteiger charge is -2.42. The van der Waals surface area contributed by atoms with Crippen molar-refractivity contribution >= 4 is 5.78 Å². The first-order valence-electron chi connectivity index (χ1n) is 7.61. The van der Waals surface area contributed by atoms with Gasteiger partial charge in [0, 0.05) is 13.1 Å². The van der Waals surface area contributed by atoms with Gasteiger partial charge in [-0.1, -0.05) is 36.2 Å². The number of rotatable bonds is 4. The number of benzene rings is 1. The largest absolute Gasteiger partial charge is 0.379 e. The number of carbonyl (C=O) groups is 1. The molecule has 2 aliphatic rings. The summed E-state index contributed by atoms with van der Waals surface area (Å²) >= 11 is 0. The highest BCUT2D eigenvalue weighted by Gasteiger charge is 2.45. The summed E-state index contributed by atoms with van der Waals surface area (Å²) < 4.78 is 5.35. The molecule has 1 heterocycles. The third-order valence-corrected chi connectivity index (χ3v) is 4.82. The zero-order valence-corrected chi connectivity index (χ0v) is 12.2. The second-order valence-electron chi connectivity index (χ2n) is 6.11. The fraction of sp³-hybridized carbons (Fsp3) is 0.588. The van der Waals surface area contributed by atoms with Crippen molar-refractivity contribution in [2.24, 2.45) is 0 Å². The van der Waals surface area contributed by atoms with Crippen molar-refractivity contribution in [3.05, 3.63) is 35.4 Å². The minimum absolute atomic E-state index is 0.202. The van der Waals surface area contributed by atoms with Crippen LogP contribution in [0.5, 0.6) is 0 Å². The monoisotopic (exact) mass is 273 g/mol. The number of hydrogen-bond acceptors (Lipinski definition) is 3. The number of ether oxygens (including phenoxy) is 1. The molecule has 0 N–H and O–H groups in total. The summed E-state index contributed by atoms with van der Waals surface area (Å²) in [6, 6.07) is 8.53. The Morgan fingerprint density at radius 2 is 1.85 bits per heavy atom. The van der Waals surface area contributed by atoms with Gasteiger partial charge in [-0.3, -0.25) is 9.69 Å². The van der Waals surface area contributed by atoms with E-state index in [9.17, 15) is 4.79 Å². The predicted octanol–water partition coefficient (Wildman–Crippen LogP) is 2.32. The molecule has 1 saturated heterocycles. The van der Waals surface area contributed by atoms with E-state index in [2.05, 4.69) is 36.1 Å². The Balaban J connectivity index is 1.74. The van der Waals surface area contributed by atoms with E-state index in [1.165, 1.54) is 17.5 Å². The highest BCUT2D eigenvalue weighted by molar-refractivity contribution is 5.92. The Morgan fingerprint density at radius 1 is 1.20 bits per heavy atom. The summed E-state index contributed by atoms with van der Waals surface area (Å²) in [7, 11) is 0. The first kappa shape index (κ1) is 13.8. The summed E-state index contributed by atoms with van der Waals surface area (Å²) in [6.07, 6.45) is 3.20. The number of Topliss-reactive ketones (excluding diaryl/α,β-unsaturated/α-hetero) is 1. The fourth-order valence-corrected chi connectivity index (χ4v) is 3.25. The van der Waals surface area contributed by atoms with Gasteiger partial charge in [0.2, 0.25) is 0 Å². The minimum Gasteiger partial charge on any atom is -0.379 e. The van der Waals surface area contributed by atoms with Crippen molar-refractivity contribution < 1.29 is 9.53 Å². The molecule has 2 fully saturated rings. The van der Waals surface area contributed by atoms with E-state index in [0.717, 1.165) is 39.1 Å². The summed E-state index contributed by atoms with van der Waals surface area (Å²) in [5.74, 6) is 0.398. The zero-order chi connectivity index (χ0) is 14.0. The Bertz CT molecular complexity index is 470. The van der Waals surface area contributed by atoms with Gasteiger partial charge in [-0.2, -0.15) is 0 Å². The molecule has 1 saturated carbocycles. The van der Waals surface area contributed by atoms with Gasteiger partial charge in [0.1, 0.15) is 0 Å². The number of hydrogen-bond donors (Lipinski definition) is 0. The third kappa shape index (κ3) is 2.52. The molecule has 0 unspecified atom stereocenters. The lowest BCUT2D eigenvalue weighted by atomic mass is 9.61. The van der Waals surface area contributed by atoms with Gasteiger partial charge in [-0.05, 0) is 25.3 Å². The molecule has 0 spiro atoms.